The summed E-state index contributed by atoms with van der Waals surface area (Å²) in [5, 5.41) is 8.90. The molecule has 0 bridgehead atoms. The lowest BCUT2D eigenvalue weighted by Crippen LogP contribution is -2.37. The molecule has 1 heterocycles. The van der Waals surface area contributed by atoms with Crippen LogP contribution in [0.4, 0.5) is 0 Å². The lowest BCUT2D eigenvalue weighted by atomic mass is 9.94. The summed E-state index contributed by atoms with van der Waals surface area (Å²) < 4.78 is 5.23. The minimum absolute atomic E-state index is 0.634. The molecule has 1 aromatic heterocycles. The molecule has 0 amide bonds. The second-order valence-electron chi connectivity index (χ2n) is 3.86. The van der Waals surface area contributed by atoms with E-state index in [2.05, 4.69) is 6.07 Å². The molecule has 0 saturated carbocycles. The summed E-state index contributed by atoms with van der Waals surface area (Å²) in [5.41, 5.74) is 5.25. The predicted octanol–water partition coefficient (Wildman–Crippen LogP) is 2.92. The molecule has 4 heteroatoms. The summed E-state index contributed by atoms with van der Waals surface area (Å²) in [4.78, 5) is 0. The molecule has 0 aliphatic heterocycles. The lowest BCUT2D eigenvalue weighted by Gasteiger charge is -2.18. The van der Waals surface area contributed by atoms with Crippen molar-refractivity contribution in [3.63, 3.8) is 0 Å². The van der Waals surface area contributed by atoms with Crippen LogP contribution in [0.25, 0.3) is 0 Å². The molecule has 0 aromatic carbocycles. The van der Waals surface area contributed by atoms with Gasteiger partial charge < -0.3 is 10.2 Å². The van der Waals surface area contributed by atoms with Gasteiger partial charge in [0.1, 0.15) is 11.3 Å². The molecule has 0 saturated heterocycles. The van der Waals surface area contributed by atoms with Gasteiger partial charge in [0.2, 0.25) is 0 Å². The molecule has 0 aliphatic carbocycles. The monoisotopic (exact) mass is 238 g/mol. The zero-order valence-electron chi connectivity index (χ0n) is 9.61. The van der Waals surface area contributed by atoms with E-state index in [0.29, 0.717) is 6.42 Å². The molecule has 1 aromatic rings. The van der Waals surface area contributed by atoms with Crippen molar-refractivity contribution in [3.8, 4) is 6.07 Å². The number of nitriles is 1. The first-order valence-corrected chi connectivity index (χ1v) is 6.66. The summed E-state index contributed by atoms with van der Waals surface area (Å²) in [6.45, 7) is 1.96. The number of rotatable bonds is 7. The standard InChI is InChI=1S/C12H18N2OS/c1-2-12(14,10-13)6-4-8-16-9-11-5-3-7-15-11/h3,5,7H,2,4,6,8-9,14H2,1H3. The van der Waals surface area contributed by atoms with Gasteiger partial charge in [0, 0.05) is 0 Å². The molecule has 0 radical (unpaired) electrons. The average molecular weight is 238 g/mol. The molecule has 1 unspecified atom stereocenters. The number of hydrogen-bond donors (Lipinski definition) is 1. The summed E-state index contributed by atoms with van der Waals surface area (Å²) in [6, 6.07) is 6.05. The molecule has 16 heavy (non-hydrogen) atoms. The van der Waals surface area contributed by atoms with Crippen molar-refractivity contribution in [1.82, 2.24) is 0 Å². The summed E-state index contributed by atoms with van der Waals surface area (Å²) in [7, 11) is 0. The van der Waals surface area contributed by atoms with E-state index in [1.54, 1.807) is 6.26 Å². The van der Waals surface area contributed by atoms with Crippen LogP contribution in [-0.2, 0) is 5.75 Å². The maximum atomic E-state index is 8.90. The van der Waals surface area contributed by atoms with Crippen molar-refractivity contribution in [3.05, 3.63) is 24.2 Å². The lowest BCUT2D eigenvalue weighted by molar-refractivity contribution is 0.478. The van der Waals surface area contributed by atoms with E-state index in [1.807, 2.05) is 30.8 Å². The number of furan rings is 1. The first-order chi connectivity index (χ1) is 7.70. The van der Waals surface area contributed by atoms with Crippen LogP contribution in [0.5, 0.6) is 0 Å². The third-order valence-corrected chi connectivity index (χ3v) is 3.66. The Morgan fingerprint density at radius 1 is 1.62 bits per heavy atom. The van der Waals surface area contributed by atoms with Crippen molar-refractivity contribution in [2.24, 2.45) is 5.73 Å². The van der Waals surface area contributed by atoms with Gasteiger partial charge >= 0.3 is 0 Å². The second kappa shape index (κ2) is 6.62. The van der Waals surface area contributed by atoms with Crippen LogP contribution in [0, 0.1) is 11.3 Å². The fourth-order valence-corrected chi connectivity index (χ4v) is 2.23. The molecule has 2 N–H and O–H groups in total. The Hall–Kier alpha value is -0.920. The van der Waals surface area contributed by atoms with Crippen LogP contribution in [0.1, 0.15) is 31.9 Å². The Balaban J connectivity index is 2.11. The minimum Gasteiger partial charge on any atom is -0.468 e. The average Bonchev–Trinajstić information content (AvgIpc) is 2.81. The smallest absolute Gasteiger partial charge is 0.113 e. The normalized spacial score (nSPS) is 14.3. The van der Waals surface area contributed by atoms with Gasteiger partial charge in [0.05, 0.1) is 18.1 Å². The van der Waals surface area contributed by atoms with Crippen LogP contribution in [0.15, 0.2) is 22.8 Å². The van der Waals surface area contributed by atoms with Crippen molar-refractivity contribution < 1.29 is 4.42 Å². The fraction of sp³-hybridized carbons (Fsp3) is 0.583. The van der Waals surface area contributed by atoms with Gasteiger partial charge in [0.25, 0.3) is 0 Å². The topological polar surface area (TPSA) is 63.0 Å². The highest BCUT2D eigenvalue weighted by molar-refractivity contribution is 7.98. The first kappa shape index (κ1) is 13.1. The van der Waals surface area contributed by atoms with Gasteiger partial charge in [0.15, 0.2) is 0 Å². The molecule has 88 valence electrons. The van der Waals surface area contributed by atoms with Gasteiger partial charge in [-0.2, -0.15) is 17.0 Å². The molecule has 0 aliphatic rings. The van der Waals surface area contributed by atoms with Gasteiger partial charge in [-0.25, -0.2) is 0 Å². The maximum absolute atomic E-state index is 8.90. The molecule has 0 spiro atoms. The number of nitrogens with two attached hydrogens (primary N) is 1. The van der Waals surface area contributed by atoms with E-state index in [9.17, 15) is 0 Å². The summed E-state index contributed by atoms with van der Waals surface area (Å²) >= 11 is 1.81. The number of nitrogens with zero attached hydrogens (tertiary/aromatic N) is 1. The van der Waals surface area contributed by atoms with E-state index < -0.39 is 5.54 Å². The van der Waals surface area contributed by atoms with E-state index in [1.165, 1.54) is 0 Å². The molecule has 3 nitrogen and oxygen atoms in total. The van der Waals surface area contributed by atoms with Gasteiger partial charge in [-0.15, -0.1) is 0 Å². The van der Waals surface area contributed by atoms with Crippen LogP contribution in [0.2, 0.25) is 0 Å². The van der Waals surface area contributed by atoms with Crippen molar-refractivity contribution in [2.75, 3.05) is 5.75 Å². The predicted molar refractivity (Wildman–Crippen MR) is 66.9 cm³/mol. The van der Waals surface area contributed by atoms with Gasteiger partial charge in [-0.1, -0.05) is 6.92 Å². The molecule has 1 atom stereocenters. The highest BCUT2D eigenvalue weighted by Crippen LogP contribution is 2.18. The Morgan fingerprint density at radius 2 is 2.44 bits per heavy atom. The number of hydrogen-bond acceptors (Lipinski definition) is 4. The Bertz CT molecular complexity index is 331. The molecule has 0 fully saturated rings. The van der Waals surface area contributed by atoms with E-state index >= 15 is 0 Å². The van der Waals surface area contributed by atoms with Crippen LogP contribution in [-0.4, -0.2) is 11.3 Å². The molecular weight excluding hydrogens is 220 g/mol. The van der Waals surface area contributed by atoms with Crippen molar-refractivity contribution in [2.45, 2.75) is 37.5 Å². The van der Waals surface area contributed by atoms with Gasteiger partial charge in [-0.05, 0) is 37.1 Å². The zero-order valence-corrected chi connectivity index (χ0v) is 10.4. The molecular formula is C12H18N2OS. The fourth-order valence-electron chi connectivity index (χ4n) is 1.37. The Kier molecular flexibility index (Phi) is 5.44. The third kappa shape index (κ3) is 4.30. The molecule has 1 rings (SSSR count). The second-order valence-corrected chi connectivity index (χ2v) is 4.96. The van der Waals surface area contributed by atoms with E-state index in [-0.39, 0.29) is 0 Å². The Labute approximate surface area is 101 Å². The van der Waals surface area contributed by atoms with E-state index in [0.717, 1.165) is 30.1 Å². The highest BCUT2D eigenvalue weighted by atomic mass is 32.2. The van der Waals surface area contributed by atoms with Crippen LogP contribution in [0.3, 0.4) is 0 Å². The van der Waals surface area contributed by atoms with Gasteiger partial charge in [-0.3, -0.25) is 0 Å². The first-order valence-electron chi connectivity index (χ1n) is 5.50. The van der Waals surface area contributed by atoms with E-state index in [4.69, 9.17) is 15.4 Å². The van der Waals surface area contributed by atoms with Crippen LogP contribution >= 0.6 is 11.8 Å². The highest BCUT2D eigenvalue weighted by Gasteiger charge is 2.20. The zero-order chi connectivity index (χ0) is 11.9. The SMILES string of the molecule is CCC(N)(C#N)CCCSCc1ccco1. The number of thioether (sulfide) groups is 1. The largest absolute Gasteiger partial charge is 0.468 e. The van der Waals surface area contributed by atoms with Crippen LogP contribution < -0.4 is 5.73 Å². The summed E-state index contributed by atoms with van der Waals surface area (Å²) in [5.74, 6) is 2.91. The summed E-state index contributed by atoms with van der Waals surface area (Å²) in [6.07, 6.45) is 4.15. The maximum Gasteiger partial charge on any atom is 0.113 e. The van der Waals surface area contributed by atoms with Crippen molar-refractivity contribution >= 4 is 11.8 Å². The quantitative estimate of drug-likeness (QED) is 0.742. The Morgan fingerprint density at radius 3 is 3.00 bits per heavy atom. The van der Waals surface area contributed by atoms with Crippen molar-refractivity contribution in [1.29, 1.82) is 5.26 Å². The minimum atomic E-state index is -0.634. The third-order valence-electron chi connectivity index (χ3n) is 2.59.